The summed E-state index contributed by atoms with van der Waals surface area (Å²) in [6, 6.07) is 5.12. The van der Waals surface area contributed by atoms with Gasteiger partial charge in [-0.1, -0.05) is 35.2 Å². The van der Waals surface area contributed by atoms with E-state index in [1.165, 1.54) is 30.7 Å². The summed E-state index contributed by atoms with van der Waals surface area (Å²) in [4.78, 5) is 0.222. The average molecular weight is 349 g/mol. The number of alkyl halides is 1. The minimum Gasteiger partial charge on any atom is -0.224 e. The normalized spacial score (nSPS) is 19.3. The van der Waals surface area contributed by atoms with Crippen LogP contribution in [-0.2, 0) is 9.84 Å². The molecule has 5 heteroatoms. The third-order valence-electron chi connectivity index (χ3n) is 3.87. The fourth-order valence-electron chi connectivity index (χ4n) is 2.75. The van der Waals surface area contributed by atoms with Crippen LogP contribution in [0.4, 0.5) is 4.39 Å². The molecule has 2 nitrogen and oxygen atoms in total. The van der Waals surface area contributed by atoms with E-state index in [1.54, 1.807) is 0 Å². The molecule has 0 bridgehead atoms. The number of hydrogen-bond acceptors (Lipinski definition) is 2. The molecule has 1 fully saturated rings. The molecule has 0 atom stereocenters. The van der Waals surface area contributed by atoms with Gasteiger partial charge in [0, 0.05) is 5.33 Å². The van der Waals surface area contributed by atoms with Gasteiger partial charge in [0.1, 0.15) is 5.82 Å². The van der Waals surface area contributed by atoms with Crippen molar-refractivity contribution < 1.29 is 12.8 Å². The van der Waals surface area contributed by atoms with Gasteiger partial charge in [0.2, 0.25) is 0 Å². The first kappa shape index (κ1) is 15.0. The second kappa shape index (κ2) is 5.92. The van der Waals surface area contributed by atoms with Crippen molar-refractivity contribution >= 4 is 25.8 Å². The van der Waals surface area contributed by atoms with E-state index in [2.05, 4.69) is 15.9 Å². The highest BCUT2D eigenvalue weighted by atomic mass is 79.9. The lowest BCUT2D eigenvalue weighted by atomic mass is 9.77. The first-order chi connectivity index (χ1) is 8.97. The van der Waals surface area contributed by atoms with E-state index < -0.39 is 15.7 Å². The summed E-state index contributed by atoms with van der Waals surface area (Å²) in [6.07, 6.45) is 5.25. The second-order valence-electron chi connectivity index (χ2n) is 5.41. The molecule has 0 radical (unpaired) electrons. The number of benzene rings is 1. The van der Waals surface area contributed by atoms with Crippen molar-refractivity contribution in [2.75, 3.05) is 11.1 Å². The highest BCUT2D eigenvalue weighted by molar-refractivity contribution is 9.09. The Kier molecular flexibility index (Phi) is 4.66. The van der Waals surface area contributed by atoms with Gasteiger partial charge in [-0.05, 0) is 42.5 Å². The summed E-state index contributed by atoms with van der Waals surface area (Å²) in [7, 11) is -3.34. The molecule has 1 aromatic carbocycles. The van der Waals surface area contributed by atoms with Gasteiger partial charge in [-0.25, -0.2) is 12.8 Å². The molecule has 0 heterocycles. The van der Waals surface area contributed by atoms with Crippen LogP contribution in [0.2, 0.25) is 0 Å². The highest BCUT2D eigenvalue weighted by Crippen LogP contribution is 2.40. The van der Waals surface area contributed by atoms with Gasteiger partial charge >= 0.3 is 0 Å². The Morgan fingerprint density at radius 1 is 1.11 bits per heavy atom. The second-order valence-corrected chi connectivity index (χ2v) is 7.96. The molecule has 0 aliphatic heterocycles. The molecular formula is C14H18BrFO2S. The smallest absolute Gasteiger partial charge is 0.178 e. The van der Waals surface area contributed by atoms with Crippen molar-refractivity contribution in [1.82, 2.24) is 0 Å². The average Bonchev–Trinajstić information content (AvgIpc) is 2.40. The van der Waals surface area contributed by atoms with Crippen LogP contribution in [0.1, 0.15) is 32.1 Å². The van der Waals surface area contributed by atoms with Crippen molar-refractivity contribution in [3.8, 4) is 0 Å². The first-order valence-electron chi connectivity index (χ1n) is 6.52. The van der Waals surface area contributed by atoms with E-state index in [1.807, 2.05) is 0 Å². The zero-order valence-electron chi connectivity index (χ0n) is 10.7. The van der Waals surface area contributed by atoms with Gasteiger partial charge in [-0.2, -0.15) is 0 Å². The van der Waals surface area contributed by atoms with Crippen molar-refractivity contribution in [1.29, 1.82) is 0 Å². The number of halogens is 2. The van der Waals surface area contributed by atoms with Gasteiger partial charge in [-0.15, -0.1) is 0 Å². The predicted octanol–water partition coefficient (Wildman–Crippen LogP) is 3.94. The summed E-state index contributed by atoms with van der Waals surface area (Å²) >= 11 is 3.48. The van der Waals surface area contributed by atoms with Gasteiger partial charge < -0.3 is 0 Å². The molecule has 0 amide bonds. The summed E-state index contributed by atoms with van der Waals surface area (Å²) < 4.78 is 37.7. The molecule has 1 saturated carbocycles. The highest BCUT2D eigenvalue weighted by Gasteiger charge is 2.36. The third-order valence-corrected chi connectivity index (χ3v) is 7.04. The Morgan fingerprint density at radius 3 is 2.21 bits per heavy atom. The van der Waals surface area contributed by atoms with E-state index in [0.717, 1.165) is 25.7 Å². The Bertz CT molecular complexity index is 519. The lowest BCUT2D eigenvalue weighted by Gasteiger charge is -2.35. The quantitative estimate of drug-likeness (QED) is 0.609. The van der Waals surface area contributed by atoms with Crippen molar-refractivity contribution in [2.24, 2.45) is 5.41 Å². The lowest BCUT2D eigenvalue weighted by molar-refractivity contribution is 0.256. The van der Waals surface area contributed by atoms with E-state index in [4.69, 9.17) is 0 Å². The van der Waals surface area contributed by atoms with Gasteiger partial charge in [-0.3, -0.25) is 0 Å². The van der Waals surface area contributed by atoms with Crippen LogP contribution in [0.3, 0.4) is 0 Å². The standard InChI is InChI=1S/C14H18BrFO2S/c15-10-14(8-2-1-3-9-14)11-19(17,18)13-6-4-12(16)5-7-13/h4-7H,1-3,8-11H2. The summed E-state index contributed by atoms with van der Waals surface area (Å²) in [5.41, 5.74) is -0.161. The lowest BCUT2D eigenvalue weighted by Crippen LogP contribution is -2.34. The van der Waals surface area contributed by atoms with Crippen molar-refractivity contribution in [3.05, 3.63) is 30.1 Å². The van der Waals surface area contributed by atoms with Gasteiger partial charge in [0.05, 0.1) is 10.6 Å². The van der Waals surface area contributed by atoms with Crippen LogP contribution in [-0.4, -0.2) is 19.5 Å². The molecular weight excluding hydrogens is 331 g/mol. The molecule has 0 unspecified atom stereocenters. The minimum atomic E-state index is -3.34. The van der Waals surface area contributed by atoms with E-state index >= 15 is 0 Å². The SMILES string of the molecule is O=S(=O)(CC1(CBr)CCCCC1)c1ccc(F)cc1. The van der Waals surface area contributed by atoms with Crippen LogP contribution < -0.4 is 0 Å². The van der Waals surface area contributed by atoms with Crippen LogP contribution in [0.5, 0.6) is 0 Å². The molecule has 1 aliphatic carbocycles. The fraction of sp³-hybridized carbons (Fsp3) is 0.571. The van der Waals surface area contributed by atoms with Crippen LogP contribution in [0.25, 0.3) is 0 Å². The predicted molar refractivity (Wildman–Crippen MR) is 77.8 cm³/mol. The molecule has 0 N–H and O–H groups in total. The summed E-state index contributed by atoms with van der Waals surface area (Å²) in [5.74, 6) is -0.261. The maximum absolute atomic E-state index is 12.9. The molecule has 0 aromatic heterocycles. The largest absolute Gasteiger partial charge is 0.224 e. The number of hydrogen-bond donors (Lipinski definition) is 0. The molecule has 0 spiro atoms. The van der Waals surface area contributed by atoms with E-state index in [0.29, 0.717) is 5.33 Å². The third kappa shape index (κ3) is 3.57. The van der Waals surface area contributed by atoms with Crippen molar-refractivity contribution in [3.63, 3.8) is 0 Å². The molecule has 0 saturated heterocycles. The molecule has 1 aromatic rings. The minimum absolute atomic E-state index is 0.150. The topological polar surface area (TPSA) is 34.1 Å². The Labute approximate surface area is 122 Å². The number of rotatable bonds is 4. The van der Waals surface area contributed by atoms with Gasteiger partial charge in [0.15, 0.2) is 9.84 Å². The Morgan fingerprint density at radius 2 is 1.68 bits per heavy atom. The Balaban J connectivity index is 2.22. The first-order valence-corrected chi connectivity index (χ1v) is 9.29. The van der Waals surface area contributed by atoms with Crippen LogP contribution >= 0.6 is 15.9 Å². The zero-order valence-corrected chi connectivity index (χ0v) is 13.1. The van der Waals surface area contributed by atoms with E-state index in [-0.39, 0.29) is 16.1 Å². The number of sulfone groups is 1. The van der Waals surface area contributed by atoms with Gasteiger partial charge in [0.25, 0.3) is 0 Å². The maximum atomic E-state index is 12.9. The van der Waals surface area contributed by atoms with Crippen LogP contribution in [0.15, 0.2) is 29.2 Å². The van der Waals surface area contributed by atoms with Crippen LogP contribution in [0, 0.1) is 11.2 Å². The Hall–Kier alpha value is -0.420. The molecule has 2 rings (SSSR count). The van der Waals surface area contributed by atoms with Crippen molar-refractivity contribution in [2.45, 2.75) is 37.0 Å². The molecule has 19 heavy (non-hydrogen) atoms. The summed E-state index contributed by atoms with van der Waals surface area (Å²) in [5, 5.41) is 0.709. The maximum Gasteiger partial charge on any atom is 0.178 e. The monoisotopic (exact) mass is 348 g/mol. The zero-order chi connectivity index (χ0) is 13.9. The van der Waals surface area contributed by atoms with E-state index in [9.17, 15) is 12.8 Å². The molecule has 1 aliphatic rings. The summed E-state index contributed by atoms with van der Waals surface area (Å²) in [6.45, 7) is 0. The molecule has 106 valence electrons. The fourth-order valence-corrected chi connectivity index (χ4v) is 5.68.